The number of nitrogens with one attached hydrogen (secondary N) is 1. The van der Waals surface area contributed by atoms with Crippen molar-refractivity contribution in [2.75, 3.05) is 11.9 Å². The first-order valence-electron chi connectivity index (χ1n) is 4.93. The van der Waals surface area contributed by atoms with E-state index in [1.165, 1.54) is 25.1 Å². The Labute approximate surface area is 87.7 Å². The normalized spacial score (nSPS) is 17.1. The quantitative estimate of drug-likeness (QED) is 0.607. The zero-order valence-electron chi connectivity index (χ0n) is 8.56. The molecular formula is C10H13N3O2. The van der Waals surface area contributed by atoms with Crippen molar-refractivity contribution in [1.29, 1.82) is 0 Å². The lowest BCUT2D eigenvalue weighted by Crippen LogP contribution is -2.12. The Morgan fingerprint density at radius 1 is 1.60 bits per heavy atom. The Balaban J connectivity index is 1.95. The van der Waals surface area contributed by atoms with E-state index in [0.717, 1.165) is 6.54 Å². The summed E-state index contributed by atoms with van der Waals surface area (Å²) < 4.78 is 0. The van der Waals surface area contributed by atoms with Crippen molar-refractivity contribution in [2.45, 2.75) is 19.8 Å². The predicted octanol–water partition coefficient (Wildman–Crippen LogP) is 2.20. The molecule has 0 atom stereocenters. The smallest absolute Gasteiger partial charge is 0.287 e. The van der Waals surface area contributed by atoms with Gasteiger partial charge in [-0.25, -0.2) is 4.98 Å². The summed E-state index contributed by atoms with van der Waals surface area (Å²) >= 11 is 0. The fraction of sp³-hybridized carbons (Fsp3) is 0.500. The fourth-order valence-corrected chi connectivity index (χ4v) is 1.29. The van der Waals surface area contributed by atoms with Crippen LogP contribution < -0.4 is 5.32 Å². The van der Waals surface area contributed by atoms with Gasteiger partial charge in [0, 0.05) is 12.6 Å². The number of nitro groups is 1. The second-order valence-corrected chi connectivity index (χ2v) is 4.32. The van der Waals surface area contributed by atoms with Crippen molar-refractivity contribution < 1.29 is 4.92 Å². The molecule has 5 heteroatoms. The molecule has 0 aliphatic heterocycles. The highest BCUT2D eigenvalue weighted by Crippen LogP contribution is 2.44. The molecule has 1 saturated carbocycles. The van der Waals surface area contributed by atoms with Gasteiger partial charge in [0.2, 0.25) is 0 Å². The summed E-state index contributed by atoms with van der Waals surface area (Å²) in [4.78, 5) is 13.9. The van der Waals surface area contributed by atoms with Crippen molar-refractivity contribution in [2.24, 2.45) is 5.41 Å². The van der Waals surface area contributed by atoms with Crippen LogP contribution in [0.5, 0.6) is 0 Å². The molecule has 80 valence electrons. The average Bonchev–Trinajstić information content (AvgIpc) is 2.95. The molecule has 5 nitrogen and oxygen atoms in total. The van der Waals surface area contributed by atoms with Gasteiger partial charge in [0.15, 0.2) is 0 Å². The van der Waals surface area contributed by atoms with Crippen LogP contribution in [0, 0.1) is 15.5 Å². The lowest BCUT2D eigenvalue weighted by Gasteiger charge is -2.09. The molecule has 0 bridgehead atoms. The molecule has 0 aromatic carbocycles. The summed E-state index contributed by atoms with van der Waals surface area (Å²) in [5.41, 5.74) is 0.432. The van der Waals surface area contributed by atoms with E-state index in [1.807, 2.05) is 0 Å². The third kappa shape index (κ3) is 2.43. The van der Waals surface area contributed by atoms with Crippen LogP contribution in [0.2, 0.25) is 0 Å². The van der Waals surface area contributed by atoms with E-state index in [9.17, 15) is 10.1 Å². The molecule has 1 aromatic heterocycles. The third-order valence-corrected chi connectivity index (χ3v) is 2.76. The summed E-state index contributed by atoms with van der Waals surface area (Å²) in [6.07, 6.45) is 3.76. The van der Waals surface area contributed by atoms with Crippen molar-refractivity contribution >= 4 is 11.5 Å². The highest BCUT2D eigenvalue weighted by atomic mass is 16.6. The summed E-state index contributed by atoms with van der Waals surface area (Å²) in [7, 11) is 0. The van der Waals surface area contributed by atoms with Gasteiger partial charge in [0.05, 0.1) is 4.92 Å². The van der Waals surface area contributed by atoms with Gasteiger partial charge in [0.1, 0.15) is 12.0 Å². The van der Waals surface area contributed by atoms with Gasteiger partial charge in [0.25, 0.3) is 5.69 Å². The zero-order chi connectivity index (χ0) is 10.9. The number of aromatic nitrogens is 1. The van der Waals surface area contributed by atoms with Gasteiger partial charge in [-0.15, -0.1) is 0 Å². The van der Waals surface area contributed by atoms with Crippen LogP contribution in [0.1, 0.15) is 19.8 Å². The number of hydrogen-bond donors (Lipinski definition) is 1. The van der Waals surface area contributed by atoms with Crippen LogP contribution in [0.3, 0.4) is 0 Å². The van der Waals surface area contributed by atoms with E-state index >= 15 is 0 Å². The molecule has 1 aliphatic rings. The van der Waals surface area contributed by atoms with Crippen molar-refractivity contribution in [1.82, 2.24) is 4.98 Å². The molecule has 2 rings (SSSR count). The second kappa shape index (κ2) is 3.49. The maximum atomic E-state index is 10.4. The van der Waals surface area contributed by atoms with E-state index in [2.05, 4.69) is 17.2 Å². The van der Waals surface area contributed by atoms with E-state index in [1.54, 1.807) is 6.07 Å². The lowest BCUT2D eigenvalue weighted by atomic mass is 10.1. The standard InChI is InChI=1S/C10H13N3O2/c1-10(4-5-10)7-12-9-3-2-8(6-11-9)13(14)15/h2-3,6H,4-5,7H2,1H3,(H,11,12). The number of rotatable bonds is 4. The number of hydrogen-bond acceptors (Lipinski definition) is 4. The van der Waals surface area contributed by atoms with Crippen LogP contribution in [0.25, 0.3) is 0 Å². The SMILES string of the molecule is CC1(CNc2ccc([N+](=O)[O-])cn2)CC1. The largest absolute Gasteiger partial charge is 0.370 e. The van der Waals surface area contributed by atoms with Gasteiger partial charge in [-0.2, -0.15) is 0 Å². The van der Waals surface area contributed by atoms with Crippen LogP contribution >= 0.6 is 0 Å². The summed E-state index contributed by atoms with van der Waals surface area (Å²) in [5.74, 6) is 0.703. The first kappa shape index (κ1) is 9.89. The zero-order valence-corrected chi connectivity index (χ0v) is 8.56. The molecule has 1 heterocycles. The molecule has 1 fully saturated rings. The van der Waals surface area contributed by atoms with Crippen molar-refractivity contribution in [3.8, 4) is 0 Å². The van der Waals surface area contributed by atoms with Crippen molar-refractivity contribution in [3.05, 3.63) is 28.4 Å². The summed E-state index contributed by atoms with van der Waals surface area (Å²) in [6.45, 7) is 3.10. The Morgan fingerprint density at radius 3 is 2.80 bits per heavy atom. The number of nitrogens with zero attached hydrogens (tertiary/aromatic N) is 2. The Hall–Kier alpha value is -1.65. The third-order valence-electron chi connectivity index (χ3n) is 2.76. The molecule has 0 saturated heterocycles. The van der Waals surface area contributed by atoms with Gasteiger partial charge in [-0.05, 0) is 24.3 Å². The van der Waals surface area contributed by atoms with Crippen LogP contribution in [0.4, 0.5) is 11.5 Å². The highest BCUT2D eigenvalue weighted by molar-refractivity contribution is 5.40. The molecule has 0 amide bonds. The van der Waals surface area contributed by atoms with Crippen LogP contribution in [-0.2, 0) is 0 Å². The van der Waals surface area contributed by atoms with E-state index in [-0.39, 0.29) is 5.69 Å². The van der Waals surface area contributed by atoms with Gasteiger partial charge in [-0.3, -0.25) is 10.1 Å². The number of pyridine rings is 1. The van der Waals surface area contributed by atoms with Gasteiger partial charge in [-0.1, -0.05) is 6.92 Å². The highest BCUT2D eigenvalue weighted by Gasteiger charge is 2.36. The van der Waals surface area contributed by atoms with E-state index in [4.69, 9.17) is 0 Å². The summed E-state index contributed by atoms with van der Waals surface area (Å²) in [6, 6.07) is 3.11. The molecular weight excluding hydrogens is 194 g/mol. The monoisotopic (exact) mass is 207 g/mol. The number of anilines is 1. The van der Waals surface area contributed by atoms with E-state index in [0.29, 0.717) is 11.2 Å². The van der Waals surface area contributed by atoms with Crippen LogP contribution in [0.15, 0.2) is 18.3 Å². The molecule has 0 spiro atoms. The molecule has 1 N–H and O–H groups in total. The Morgan fingerprint density at radius 2 is 2.33 bits per heavy atom. The maximum absolute atomic E-state index is 10.4. The second-order valence-electron chi connectivity index (χ2n) is 4.32. The average molecular weight is 207 g/mol. The Bertz CT molecular complexity index is 371. The Kier molecular flexibility index (Phi) is 2.30. The molecule has 1 aliphatic carbocycles. The summed E-state index contributed by atoms with van der Waals surface area (Å²) in [5, 5.41) is 13.6. The fourth-order valence-electron chi connectivity index (χ4n) is 1.29. The molecule has 0 unspecified atom stereocenters. The van der Waals surface area contributed by atoms with Crippen molar-refractivity contribution in [3.63, 3.8) is 0 Å². The minimum absolute atomic E-state index is 0.0261. The maximum Gasteiger partial charge on any atom is 0.287 e. The first-order chi connectivity index (χ1) is 7.09. The topological polar surface area (TPSA) is 68.1 Å². The minimum atomic E-state index is -0.445. The molecule has 0 radical (unpaired) electrons. The van der Waals surface area contributed by atoms with Gasteiger partial charge < -0.3 is 5.32 Å². The van der Waals surface area contributed by atoms with Crippen LogP contribution in [-0.4, -0.2) is 16.5 Å². The lowest BCUT2D eigenvalue weighted by molar-refractivity contribution is -0.385. The van der Waals surface area contributed by atoms with E-state index < -0.39 is 4.92 Å². The van der Waals surface area contributed by atoms with Gasteiger partial charge >= 0.3 is 0 Å². The first-order valence-corrected chi connectivity index (χ1v) is 4.93. The molecule has 1 aromatic rings. The molecule has 15 heavy (non-hydrogen) atoms. The minimum Gasteiger partial charge on any atom is -0.370 e. The predicted molar refractivity (Wildman–Crippen MR) is 56.7 cm³/mol.